The van der Waals surface area contributed by atoms with Crippen LogP contribution in [-0.4, -0.2) is 15.9 Å². The highest BCUT2D eigenvalue weighted by Gasteiger charge is 2.24. The zero-order valence-corrected chi connectivity index (χ0v) is 13.2. The molecule has 0 radical (unpaired) electrons. The average molecular weight is 322 g/mol. The van der Waals surface area contributed by atoms with Crippen molar-refractivity contribution in [2.24, 2.45) is 0 Å². The van der Waals surface area contributed by atoms with Gasteiger partial charge in [0.1, 0.15) is 10.9 Å². The molecule has 0 saturated carbocycles. The fourth-order valence-corrected chi connectivity index (χ4v) is 4.28. The summed E-state index contributed by atoms with van der Waals surface area (Å²) in [7, 11) is 0. The Hall–Kier alpha value is -2.65. The number of nitriles is 1. The summed E-state index contributed by atoms with van der Waals surface area (Å²) in [5.41, 5.74) is 4.06. The number of carbonyl (C=O) groups is 1. The predicted octanol–water partition coefficient (Wildman–Crippen LogP) is 3.63. The molecule has 2 N–H and O–H groups in total. The van der Waals surface area contributed by atoms with Crippen molar-refractivity contribution in [1.29, 1.82) is 5.26 Å². The maximum Gasteiger partial charge on any atom is 0.267 e. The van der Waals surface area contributed by atoms with Crippen LogP contribution in [0.25, 0.3) is 11.0 Å². The first-order valence-corrected chi connectivity index (χ1v) is 8.37. The van der Waals surface area contributed by atoms with Gasteiger partial charge in [-0.3, -0.25) is 4.79 Å². The second kappa shape index (κ2) is 5.52. The predicted molar refractivity (Wildman–Crippen MR) is 89.7 cm³/mol. The van der Waals surface area contributed by atoms with Gasteiger partial charge in [-0.05, 0) is 49.4 Å². The van der Waals surface area contributed by atoms with Gasteiger partial charge in [0, 0.05) is 10.6 Å². The lowest BCUT2D eigenvalue weighted by Crippen LogP contribution is -2.12. The van der Waals surface area contributed by atoms with Gasteiger partial charge in [-0.25, -0.2) is 4.98 Å². The number of fused-ring (bicyclic) bond motifs is 2. The summed E-state index contributed by atoms with van der Waals surface area (Å²) in [5, 5.41) is 12.4. The van der Waals surface area contributed by atoms with Crippen molar-refractivity contribution in [2.45, 2.75) is 25.7 Å². The third kappa shape index (κ3) is 2.39. The molecule has 0 aliphatic heterocycles. The van der Waals surface area contributed by atoms with Gasteiger partial charge in [-0.1, -0.05) is 0 Å². The quantitative estimate of drug-likeness (QED) is 0.756. The van der Waals surface area contributed by atoms with Crippen molar-refractivity contribution < 1.29 is 4.79 Å². The minimum absolute atomic E-state index is 0.209. The molecule has 0 bridgehead atoms. The van der Waals surface area contributed by atoms with Crippen LogP contribution in [0.5, 0.6) is 0 Å². The lowest BCUT2D eigenvalue weighted by molar-refractivity contribution is 0.103. The van der Waals surface area contributed by atoms with Crippen molar-refractivity contribution >= 4 is 34.0 Å². The summed E-state index contributed by atoms with van der Waals surface area (Å²) in [6.45, 7) is 0. The number of H-pyrrole nitrogens is 1. The molecule has 4 rings (SSSR count). The van der Waals surface area contributed by atoms with E-state index in [0.29, 0.717) is 16.1 Å². The van der Waals surface area contributed by atoms with E-state index < -0.39 is 0 Å². The number of thiophene rings is 1. The van der Waals surface area contributed by atoms with Crippen molar-refractivity contribution in [2.75, 3.05) is 5.32 Å². The summed E-state index contributed by atoms with van der Waals surface area (Å²) in [6, 6.07) is 7.75. The van der Waals surface area contributed by atoms with Gasteiger partial charge in [0.25, 0.3) is 5.91 Å². The standard InChI is InChI=1S/C17H14N4OS/c18-8-12-11-3-1-2-4-15(11)23-16(12)17(22)21-10-5-6-13-14(7-10)20-9-19-13/h5-7,9H,1-4H2,(H,19,20)(H,21,22). The molecule has 0 atom stereocenters. The molecule has 2 heterocycles. The molecule has 0 saturated heterocycles. The number of aromatic nitrogens is 2. The SMILES string of the molecule is N#Cc1c(C(=O)Nc2ccc3nc[nH]c3c2)sc2c1CCCC2. The molecule has 3 aromatic rings. The molecule has 1 amide bonds. The largest absolute Gasteiger partial charge is 0.345 e. The van der Waals surface area contributed by atoms with Gasteiger partial charge in [0.15, 0.2) is 0 Å². The molecular weight excluding hydrogens is 308 g/mol. The van der Waals surface area contributed by atoms with Crippen molar-refractivity contribution in [1.82, 2.24) is 9.97 Å². The minimum atomic E-state index is -0.209. The Balaban J connectivity index is 1.66. The van der Waals surface area contributed by atoms with Crippen molar-refractivity contribution in [3.05, 3.63) is 45.4 Å². The summed E-state index contributed by atoms with van der Waals surface area (Å²) < 4.78 is 0. The number of hydrogen-bond acceptors (Lipinski definition) is 4. The van der Waals surface area contributed by atoms with Crippen LogP contribution in [0.4, 0.5) is 5.69 Å². The zero-order valence-electron chi connectivity index (χ0n) is 12.3. The number of carbonyl (C=O) groups excluding carboxylic acids is 1. The summed E-state index contributed by atoms with van der Waals surface area (Å²) >= 11 is 1.46. The molecule has 5 nitrogen and oxygen atoms in total. The van der Waals surface area contributed by atoms with Crippen molar-refractivity contribution in [3.63, 3.8) is 0 Å². The Labute approximate surface area is 137 Å². The van der Waals surface area contributed by atoms with E-state index in [9.17, 15) is 10.1 Å². The maximum absolute atomic E-state index is 12.6. The Kier molecular flexibility index (Phi) is 3.36. The van der Waals surface area contributed by atoms with E-state index in [1.807, 2.05) is 18.2 Å². The van der Waals surface area contributed by atoms with Gasteiger partial charge in [0.05, 0.1) is 22.9 Å². The zero-order chi connectivity index (χ0) is 15.8. The number of anilines is 1. The Morgan fingerprint density at radius 3 is 3.09 bits per heavy atom. The normalized spacial score (nSPS) is 13.5. The highest BCUT2D eigenvalue weighted by molar-refractivity contribution is 7.14. The van der Waals surface area contributed by atoms with Gasteiger partial charge in [-0.15, -0.1) is 11.3 Å². The summed E-state index contributed by atoms with van der Waals surface area (Å²) in [4.78, 5) is 21.5. The van der Waals surface area contributed by atoms with E-state index in [1.165, 1.54) is 16.2 Å². The molecule has 0 fully saturated rings. The number of benzene rings is 1. The molecule has 6 heteroatoms. The smallest absolute Gasteiger partial charge is 0.267 e. The van der Waals surface area contributed by atoms with Crippen LogP contribution in [0.15, 0.2) is 24.5 Å². The molecule has 0 unspecified atom stereocenters. The first-order chi connectivity index (χ1) is 11.3. The highest BCUT2D eigenvalue weighted by atomic mass is 32.1. The number of imidazole rings is 1. The van der Waals surface area contributed by atoms with E-state index in [4.69, 9.17) is 0 Å². The van der Waals surface area contributed by atoms with Crippen LogP contribution in [0.1, 0.15) is 38.5 Å². The van der Waals surface area contributed by atoms with E-state index in [-0.39, 0.29) is 5.91 Å². The number of rotatable bonds is 2. The third-order valence-corrected chi connectivity index (χ3v) is 5.46. The van der Waals surface area contributed by atoms with Crippen LogP contribution < -0.4 is 5.32 Å². The molecule has 1 aliphatic carbocycles. The summed E-state index contributed by atoms with van der Waals surface area (Å²) in [6.07, 6.45) is 5.73. The molecule has 114 valence electrons. The second-order valence-corrected chi connectivity index (χ2v) is 6.72. The molecule has 1 aromatic carbocycles. The van der Waals surface area contributed by atoms with E-state index in [2.05, 4.69) is 21.4 Å². The highest BCUT2D eigenvalue weighted by Crippen LogP contribution is 2.34. The molecule has 2 aromatic heterocycles. The lowest BCUT2D eigenvalue weighted by Gasteiger charge is -2.09. The first-order valence-electron chi connectivity index (χ1n) is 7.55. The molecule has 1 aliphatic rings. The van der Waals surface area contributed by atoms with E-state index in [1.54, 1.807) is 6.33 Å². The van der Waals surface area contributed by atoms with Crippen LogP contribution in [-0.2, 0) is 12.8 Å². The monoisotopic (exact) mass is 322 g/mol. The topological polar surface area (TPSA) is 81.6 Å². The van der Waals surface area contributed by atoms with Gasteiger partial charge in [-0.2, -0.15) is 5.26 Å². The minimum Gasteiger partial charge on any atom is -0.345 e. The molecular formula is C17H14N4OS. The number of nitrogens with one attached hydrogen (secondary N) is 2. The third-order valence-electron chi connectivity index (χ3n) is 4.17. The number of hydrogen-bond donors (Lipinski definition) is 2. The first kappa shape index (κ1) is 14.0. The van der Waals surface area contributed by atoms with Crippen molar-refractivity contribution in [3.8, 4) is 6.07 Å². The second-order valence-electron chi connectivity index (χ2n) is 5.62. The van der Waals surface area contributed by atoms with Crippen LogP contribution >= 0.6 is 11.3 Å². The fraction of sp³-hybridized carbons (Fsp3) is 0.235. The van der Waals surface area contributed by atoms with Gasteiger partial charge < -0.3 is 10.3 Å². The Morgan fingerprint density at radius 1 is 1.35 bits per heavy atom. The molecule has 23 heavy (non-hydrogen) atoms. The van der Waals surface area contributed by atoms with E-state index >= 15 is 0 Å². The van der Waals surface area contributed by atoms with E-state index in [0.717, 1.165) is 42.3 Å². The van der Waals surface area contributed by atoms with Gasteiger partial charge in [0.2, 0.25) is 0 Å². The summed E-state index contributed by atoms with van der Waals surface area (Å²) in [5.74, 6) is -0.209. The number of aryl methyl sites for hydroxylation is 1. The molecule has 0 spiro atoms. The van der Waals surface area contributed by atoms with Gasteiger partial charge >= 0.3 is 0 Å². The average Bonchev–Trinajstić information content (AvgIpc) is 3.18. The fourth-order valence-electron chi connectivity index (χ4n) is 3.05. The number of aromatic amines is 1. The Bertz CT molecular complexity index is 947. The van der Waals surface area contributed by atoms with Crippen LogP contribution in [0.3, 0.4) is 0 Å². The lowest BCUT2D eigenvalue weighted by atomic mass is 9.95. The maximum atomic E-state index is 12.6. The van der Waals surface area contributed by atoms with Crippen LogP contribution in [0, 0.1) is 11.3 Å². The number of amides is 1. The van der Waals surface area contributed by atoms with Crippen LogP contribution in [0.2, 0.25) is 0 Å². The Morgan fingerprint density at radius 2 is 2.22 bits per heavy atom. The number of nitrogens with zero attached hydrogens (tertiary/aromatic N) is 2.